The van der Waals surface area contributed by atoms with E-state index < -0.39 is 0 Å². The topological polar surface area (TPSA) is 75.4 Å². The van der Waals surface area contributed by atoms with Gasteiger partial charge in [-0.05, 0) is 39.9 Å². The number of carbonyl (C=O) groups excluding carboxylic acids is 1. The molecule has 0 aliphatic carbocycles. The molecule has 1 N–H and O–H groups in total. The van der Waals surface area contributed by atoms with E-state index in [-0.39, 0.29) is 23.8 Å². The summed E-state index contributed by atoms with van der Waals surface area (Å²) < 4.78 is 17.3. The maximum atomic E-state index is 14.2. The van der Waals surface area contributed by atoms with E-state index in [0.717, 1.165) is 55.9 Å². The van der Waals surface area contributed by atoms with Gasteiger partial charge in [-0.2, -0.15) is 5.10 Å². The molecule has 182 valence electrons. The third-order valence-corrected chi connectivity index (χ3v) is 6.75. The van der Waals surface area contributed by atoms with Crippen molar-refractivity contribution in [2.45, 2.75) is 33.4 Å². The average Bonchev–Trinajstić information content (AvgIpc) is 3.06. The lowest BCUT2D eigenvalue weighted by Crippen LogP contribution is -2.45. The van der Waals surface area contributed by atoms with Crippen LogP contribution in [0, 0.1) is 19.7 Å². The Morgan fingerprint density at radius 1 is 1.12 bits per heavy atom. The van der Waals surface area contributed by atoms with Gasteiger partial charge in [-0.3, -0.25) is 9.59 Å². The number of rotatable bonds is 8. The zero-order chi connectivity index (χ0) is 24.2. The summed E-state index contributed by atoms with van der Waals surface area (Å²) in [6, 6.07) is 6.63. The second kappa shape index (κ2) is 10.5. The molecule has 3 heterocycles. The van der Waals surface area contributed by atoms with Gasteiger partial charge >= 0.3 is 0 Å². The van der Waals surface area contributed by atoms with Crippen molar-refractivity contribution in [3.8, 4) is 0 Å². The number of fused-ring (bicyclic) bond motifs is 1. The second-order valence-corrected chi connectivity index (χ2v) is 9.09. The molecule has 0 spiro atoms. The van der Waals surface area contributed by atoms with Gasteiger partial charge in [0.1, 0.15) is 12.4 Å². The molecule has 3 aromatic rings. The van der Waals surface area contributed by atoms with Crippen LogP contribution in [-0.4, -0.2) is 76.4 Å². The zero-order valence-corrected chi connectivity index (χ0v) is 20.2. The van der Waals surface area contributed by atoms with Crippen molar-refractivity contribution in [2.75, 3.05) is 46.3 Å². The van der Waals surface area contributed by atoms with Crippen LogP contribution in [0.3, 0.4) is 0 Å². The Hall–Kier alpha value is -3.04. The van der Waals surface area contributed by atoms with Crippen molar-refractivity contribution in [1.29, 1.82) is 0 Å². The van der Waals surface area contributed by atoms with E-state index in [1.165, 1.54) is 10.7 Å². The minimum atomic E-state index is -0.307. The van der Waals surface area contributed by atoms with Crippen LogP contribution < -0.4 is 10.9 Å². The summed E-state index contributed by atoms with van der Waals surface area (Å²) in [5, 5.41) is 8.39. The largest absolute Gasteiger partial charge is 0.354 e. The number of likely N-dealkylation sites (N-methyl/N-ethyl adjacent to an activating group) is 1. The van der Waals surface area contributed by atoms with Crippen LogP contribution in [-0.2, 0) is 17.9 Å². The molecule has 0 unspecified atom stereocenters. The minimum absolute atomic E-state index is 0.125. The standard InChI is InChI=1S/C25H33FN6O2/c1-18-21-15-28-32(17-23(33)27-9-6-10-30-13-11-29(3)12-14-30)25(34)24(21)19(2)31(18)16-20-7-4-5-8-22(20)26/h4-5,7-8,15H,6,9-14,16-17H2,1-3H3,(H,27,33). The highest BCUT2D eigenvalue weighted by molar-refractivity contribution is 5.87. The molecule has 1 aliphatic rings. The summed E-state index contributed by atoms with van der Waals surface area (Å²) in [7, 11) is 2.13. The first-order chi connectivity index (χ1) is 16.3. The monoisotopic (exact) mass is 468 g/mol. The smallest absolute Gasteiger partial charge is 0.276 e. The molecule has 1 saturated heterocycles. The summed E-state index contributed by atoms with van der Waals surface area (Å²) in [6.07, 6.45) is 2.49. The quantitative estimate of drug-likeness (QED) is 0.510. The molecule has 1 aliphatic heterocycles. The average molecular weight is 469 g/mol. The number of nitrogens with zero attached hydrogens (tertiary/aromatic N) is 5. The number of benzene rings is 1. The summed E-state index contributed by atoms with van der Waals surface area (Å²) >= 11 is 0. The molecule has 9 heteroatoms. The highest BCUT2D eigenvalue weighted by Crippen LogP contribution is 2.23. The van der Waals surface area contributed by atoms with Crippen LogP contribution in [0.2, 0.25) is 0 Å². The zero-order valence-electron chi connectivity index (χ0n) is 20.2. The van der Waals surface area contributed by atoms with Crippen LogP contribution in [0.5, 0.6) is 0 Å². The van der Waals surface area contributed by atoms with Crippen molar-refractivity contribution in [1.82, 2.24) is 29.5 Å². The first-order valence-electron chi connectivity index (χ1n) is 11.8. The predicted octanol–water partition coefficient (Wildman–Crippen LogP) is 1.76. The maximum absolute atomic E-state index is 14.2. The first-order valence-corrected chi connectivity index (χ1v) is 11.8. The fourth-order valence-electron chi connectivity index (χ4n) is 4.59. The van der Waals surface area contributed by atoms with Gasteiger partial charge in [-0.25, -0.2) is 9.07 Å². The molecule has 8 nitrogen and oxygen atoms in total. The van der Waals surface area contributed by atoms with Crippen LogP contribution in [0.4, 0.5) is 4.39 Å². The highest BCUT2D eigenvalue weighted by Gasteiger charge is 2.18. The lowest BCUT2D eigenvalue weighted by atomic mass is 10.2. The van der Waals surface area contributed by atoms with Crippen LogP contribution in [0.1, 0.15) is 23.4 Å². The van der Waals surface area contributed by atoms with E-state index >= 15 is 0 Å². The minimum Gasteiger partial charge on any atom is -0.354 e. The molecule has 1 fully saturated rings. The van der Waals surface area contributed by atoms with Crippen LogP contribution in [0.25, 0.3) is 10.8 Å². The van der Waals surface area contributed by atoms with Gasteiger partial charge in [-0.15, -0.1) is 0 Å². The lowest BCUT2D eigenvalue weighted by Gasteiger charge is -2.32. The maximum Gasteiger partial charge on any atom is 0.276 e. The normalized spacial score (nSPS) is 15.2. The Morgan fingerprint density at radius 3 is 2.59 bits per heavy atom. The van der Waals surface area contributed by atoms with E-state index in [1.807, 2.05) is 18.4 Å². The predicted molar refractivity (Wildman–Crippen MR) is 131 cm³/mol. The van der Waals surface area contributed by atoms with E-state index in [9.17, 15) is 14.0 Å². The molecule has 34 heavy (non-hydrogen) atoms. The molecule has 0 radical (unpaired) electrons. The van der Waals surface area contributed by atoms with Gasteiger partial charge in [0.15, 0.2) is 0 Å². The SMILES string of the molecule is Cc1c2cnn(CC(=O)NCCCN3CCN(C)CC3)c(=O)c2c(C)n1Cc1ccccc1F. The molecule has 2 aromatic heterocycles. The molecule has 1 aromatic carbocycles. The number of amides is 1. The van der Waals surface area contributed by atoms with E-state index in [2.05, 4.69) is 27.3 Å². The van der Waals surface area contributed by atoms with Gasteiger partial charge in [-0.1, -0.05) is 18.2 Å². The van der Waals surface area contributed by atoms with Crippen LogP contribution >= 0.6 is 0 Å². The van der Waals surface area contributed by atoms with Crippen molar-refractivity contribution < 1.29 is 9.18 Å². The Labute approximate surface area is 199 Å². The number of aromatic nitrogens is 3. The van der Waals surface area contributed by atoms with E-state index in [4.69, 9.17) is 0 Å². The fourth-order valence-corrected chi connectivity index (χ4v) is 4.59. The van der Waals surface area contributed by atoms with Crippen molar-refractivity contribution in [2.24, 2.45) is 0 Å². The summed E-state index contributed by atoms with van der Waals surface area (Å²) in [5.41, 5.74) is 1.83. The van der Waals surface area contributed by atoms with E-state index in [1.54, 1.807) is 24.4 Å². The van der Waals surface area contributed by atoms with Crippen molar-refractivity contribution in [3.05, 3.63) is 63.6 Å². The molecule has 0 saturated carbocycles. The van der Waals surface area contributed by atoms with Gasteiger partial charge in [0, 0.05) is 55.1 Å². The lowest BCUT2D eigenvalue weighted by molar-refractivity contribution is -0.121. The number of carbonyl (C=O) groups is 1. The summed E-state index contributed by atoms with van der Waals surface area (Å²) in [5.74, 6) is -0.508. The molecular formula is C25H33FN6O2. The van der Waals surface area contributed by atoms with E-state index in [0.29, 0.717) is 24.0 Å². The van der Waals surface area contributed by atoms with Gasteiger partial charge in [0.05, 0.1) is 18.1 Å². The summed E-state index contributed by atoms with van der Waals surface area (Å²) in [6.45, 7) is 9.72. The third-order valence-electron chi connectivity index (χ3n) is 6.75. The Balaban J connectivity index is 1.41. The first kappa shape index (κ1) is 24.1. The number of nitrogens with one attached hydrogen (secondary N) is 1. The summed E-state index contributed by atoms with van der Waals surface area (Å²) in [4.78, 5) is 30.3. The Bertz CT molecular complexity index is 1230. The molecule has 4 rings (SSSR count). The second-order valence-electron chi connectivity index (χ2n) is 9.09. The number of piperazine rings is 1. The van der Waals surface area contributed by atoms with Gasteiger partial charge < -0.3 is 19.7 Å². The number of halogens is 1. The molecule has 0 atom stereocenters. The Kier molecular flexibility index (Phi) is 7.43. The number of hydrogen-bond acceptors (Lipinski definition) is 5. The highest BCUT2D eigenvalue weighted by atomic mass is 19.1. The molecular weight excluding hydrogens is 435 g/mol. The van der Waals surface area contributed by atoms with Gasteiger partial charge in [0.25, 0.3) is 5.56 Å². The molecule has 1 amide bonds. The van der Waals surface area contributed by atoms with Crippen molar-refractivity contribution in [3.63, 3.8) is 0 Å². The van der Waals surface area contributed by atoms with Gasteiger partial charge in [0.2, 0.25) is 5.91 Å². The molecule has 0 bridgehead atoms. The van der Waals surface area contributed by atoms with Crippen molar-refractivity contribution >= 4 is 16.7 Å². The van der Waals surface area contributed by atoms with Crippen LogP contribution in [0.15, 0.2) is 35.3 Å². The number of hydrogen-bond donors (Lipinski definition) is 1. The fraction of sp³-hybridized carbons (Fsp3) is 0.480. The third kappa shape index (κ3) is 5.20. The number of aryl methyl sites for hydroxylation is 2. The Morgan fingerprint density at radius 2 is 1.85 bits per heavy atom.